The average Bonchev–Trinajstić information content (AvgIpc) is 3.71. The summed E-state index contributed by atoms with van der Waals surface area (Å²) in [6.07, 6.45) is 0. The summed E-state index contributed by atoms with van der Waals surface area (Å²) in [6.45, 7) is 0. The van der Waals surface area contributed by atoms with E-state index in [1.165, 1.54) is 0 Å². The Bertz CT molecular complexity index is 2130. The summed E-state index contributed by atoms with van der Waals surface area (Å²) in [7, 11) is 8.73. The molecule has 9 heteroatoms. The van der Waals surface area contributed by atoms with E-state index < -0.39 is 0 Å². The van der Waals surface area contributed by atoms with Gasteiger partial charge in [-0.15, -0.1) is 0 Å². The maximum atomic E-state index is 5.08. The van der Waals surface area contributed by atoms with Gasteiger partial charge in [0, 0.05) is 39.8 Å². The van der Waals surface area contributed by atoms with Crippen LogP contribution >= 0.6 is 0 Å². The molecule has 0 fully saturated rings. The zero-order valence-electron chi connectivity index (χ0n) is 22.5. The van der Waals surface area contributed by atoms with Crippen LogP contribution in [-0.2, 0) is 17.1 Å². The summed E-state index contributed by atoms with van der Waals surface area (Å²) in [4.78, 5) is 30.2. The van der Waals surface area contributed by atoms with Crippen molar-refractivity contribution >= 4 is 44.1 Å². The van der Waals surface area contributed by atoms with Crippen LogP contribution in [0.25, 0.3) is 89.7 Å². The smallest absolute Gasteiger partial charge is 0.419 e. The van der Waals surface area contributed by atoms with Crippen molar-refractivity contribution in [3.05, 3.63) is 111 Å². The fraction of sp³-hybridized carbons (Fsp3) is 0. The molecule has 4 aromatic carbocycles. The van der Waals surface area contributed by atoms with Gasteiger partial charge in [-0.3, -0.25) is 0 Å². The van der Waals surface area contributed by atoms with E-state index in [9.17, 15) is 0 Å². The molecule has 8 bridgehead atoms. The topological polar surface area (TPSA) is 87.5 Å². The molecule has 0 saturated heterocycles. The average molecular weight is 604 g/mol. The van der Waals surface area contributed by atoms with Crippen molar-refractivity contribution in [2.75, 3.05) is 0 Å². The number of benzene rings is 4. The van der Waals surface area contributed by atoms with Crippen LogP contribution in [0, 0.1) is 14.1 Å². The molecule has 9 rings (SSSR count). The van der Waals surface area contributed by atoms with Crippen molar-refractivity contribution in [3.8, 4) is 45.6 Å². The summed E-state index contributed by atoms with van der Waals surface area (Å²) < 4.78 is 3.52. The molecule has 1 radical (unpaired) electrons. The third-order valence-electron chi connectivity index (χ3n) is 7.93. The number of nitrogens with zero attached hydrogens (tertiary/aromatic N) is 8. The van der Waals surface area contributed by atoms with E-state index in [0.29, 0.717) is 45.9 Å². The Morgan fingerprint density at radius 1 is 0.395 bits per heavy atom. The molecule has 2 aliphatic heterocycles. The number of fused-ring (bicyclic) bond motifs is 20. The molecule has 0 N–H and O–H groups in total. The van der Waals surface area contributed by atoms with Gasteiger partial charge in [0.1, 0.15) is 0 Å². The Balaban J connectivity index is 0.00000278. The maximum Gasteiger partial charge on any atom is 2.00 e. The molecule has 3 aromatic heterocycles. The van der Waals surface area contributed by atoms with Gasteiger partial charge in [0.15, 0.2) is 11.5 Å². The largest absolute Gasteiger partial charge is 2.00 e. The van der Waals surface area contributed by atoms with Crippen LogP contribution < -0.4 is 19.1 Å². The molecule has 8 nitrogen and oxygen atoms in total. The quantitative estimate of drug-likeness (QED) is 0.135. The van der Waals surface area contributed by atoms with Crippen molar-refractivity contribution in [2.24, 2.45) is 0 Å². The zero-order valence-corrected chi connectivity index (χ0v) is 23.5. The second-order valence-corrected chi connectivity index (χ2v) is 10.3. The monoisotopic (exact) mass is 603 g/mol. The summed E-state index contributed by atoms with van der Waals surface area (Å²) >= 11 is 0. The first-order valence-corrected chi connectivity index (χ1v) is 13.5. The molecule has 207 valence electrons. The van der Waals surface area contributed by atoms with Gasteiger partial charge >= 0.3 is 17.1 Å². The molecule has 0 unspecified atom stereocenters. The van der Waals surface area contributed by atoms with Crippen molar-refractivity contribution < 1.29 is 26.2 Å². The molecule has 0 spiro atoms. The van der Waals surface area contributed by atoms with Crippen LogP contribution in [0.5, 0.6) is 0 Å². The predicted molar refractivity (Wildman–Crippen MR) is 160 cm³/mol. The first-order chi connectivity index (χ1) is 20.7. The third-order valence-corrected chi connectivity index (χ3v) is 7.93. The summed E-state index contributed by atoms with van der Waals surface area (Å²) in [5.41, 5.74) is 5.93. The summed E-state index contributed by atoms with van der Waals surface area (Å²) in [5, 5.41) is 3.59. The van der Waals surface area contributed by atoms with E-state index in [0.717, 1.165) is 43.8 Å². The Hall–Kier alpha value is -5.50. The molecule has 2 aliphatic rings. The number of rotatable bonds is 0. The fourth-order valence-corrected chi connectivity index (χ4v) is 5.94. The molecule has 0 amide bonds. The molecular weight excluding hydrogens is 584 g/mol. The van der Waals surface area contributed by atoms with Crippen LogP contribution in [0.1, 0.15) is 0 Å². The number of aromatic nitrogens is 8. The fourth-order valence-electron chi connectivity index (χ4n) is 5.94. The molecule has 5 heterocycles. The van der Waals surface area contributed by atoms with Crippen LogP contribution in [-0.4, -0.2) is 19.9 Å². The Labute approximate surface area is 256 Å². The summed E-state index contributed by atoms with van der Waals surface area (Å²) in [5.74, 6) is 2.61. The third kappa shape index (κ3) is 3.56. The van der Waals surface area contributed by atoms with Crippen LogP contribution in [0.2, 0.25) is 0 Å². The van der Waals surface area contributed by atoms with Gasteiger partial charge in [-0.25, -0.2) is 0 Å². The minimum absolute atomic E-state index is 0. The molecule has 0 aliphatic carbocycles. The zero-order chi connectivity index (χ0) is 27.9. The van der Waals surface area contributed by atoms with E-state index in [1.54, 1.807) is 9.13 Å². The molecule has 7 aromatic rings. The Morgan fingerprint density at radius 3 is 0.884 bits per heavy atom. The first-order valence-electron chi connectivity index (χ1n) is 13.5. The van der Waals surface area contributed by atoms with Crippen molar-refractivity contribution in [1.82, 2.24) is 29.9 Å². The van der Waals surface area contributed by atoms with E-state index in [1.807, 2.05) is 97.1 Å². The maximum absolute atomic E-state index is 5.08. The second kappa shape index (κ2) is 9.25. The Kier molecular flexibility index (Phi) is 5.43. The van der Waals surface area contributed by atoms with Crippen molar-refractivity contribution in [3.63, 3.8) is 0 Å². The Morgan fingerprint density at radius 2 is 0.628 bits per heavy atom. The minimum Gasteiger partial charge on any atom is -0.419 e. The standard InChI is InChI=1S/C34H20N8.Cu/c1-41-31-23-15-7-8-16-24(23)32(41)38-28-20-12-4-6-14-22(20)30(36-28)40-34-26-18-10-9-17-25(26)33(42(34)2)39-29-21-13-5-3-11-19(21)27(35-29)37-31;/h3-18H,1-2H2;/q-2;+2. The predicted octanol–water partition coefficient (Wildman–Crippen LogP) is 5.19. The van der Waals surface area contributed by atoms with E-state index >= 15 is 0 Å². The van der Waals surface area contributed by atoms with Crippen molar-refractivity contribution in [2.45, 2.75) is 0 Å². The van der Waals surface area contributed by atoms with Gasteiger partial charge < -0.3 is 34.1 Å². The van der Waals surface area contributed by atoms with E-state index in [4.69, 9.17) is 29.9 Å². The molecule has 43 heavy (non-hydrogen) atoms. The van der Waals surface area contributed by atoms with Gasteiger partial charge in [0.2, 0.25) is 0 Å². The van der Waals surface area contributed by atoms with Crippen LogP contribution in [0.4, 0.5) is 0 Å². The van der Waals surface area contributed by atoms with Crippen LogP contribution in [0.15, 0.2) is 97.1 Å². The molecule has 0 saturated carbocycles. The molecule has 0 atom stereocenters. The van der Waals surface area contributed by atoms with Gasteiger partial charge in [0.25, 0.3) is 0 Å². The SMILES string of the molecule is [CH2-][n+]1c2nc3[n-]c(nc4[n+]([CH2-])c(nc5[n-]c(nc1-c1ccccc1-2)c1ccccc51)-c1ccccc1-4)c1ccccc31.[Cu+2]. The van der Waals surface area contributed by atoms with Crippen LogP contribution in [0.3, 0.4) is 0 Å². The minimum atomic E-state index is 0. The first kappa shape index (κ1) is 25.2. The second-order valence-electron chi connectivity index (χ2n) is 10.3. The van der Waals surface area contributed by atoms with Gasteiger partial charge in [-0.05, 0) is 38.4 Å². The normalized spacial score (nSPS) is 11.7. The molecular formula is C34H20CuN8. The van der Waals surface area contributed by atoms with E-state index in [2.05, 4.69) is 14.1 Å². The summed E-state index contributed by atoms with van der Waals surface area (Å²) in [6, 6.07) is 32.1. The van der Waals surface area contributed by atoms with Gasteiger partial charge in [0.05, 0.1) is 0 Å². The van der Waals surface area contributed by atoms with Crippen molar-refractivity contribution in [1.29, 1.82) is 0 Å². The van der Waals surface area contributed by atoms with Gasteiger partial charge in [-0.1, -0.05) is 111 Å². The van der Waals surface area contributed by atoms with Gasteiger partial charge in [-0.2, -0.15) is 4.98 Å². The van der Waals surface area contributed by atoms with E-state index in [-0.39, 0.29) is 17.1 Å². The number of hydrogen-bond donors (Lipinski definition) is 0. The number of hydrogen-bond acceptors (Lipinski definition) is 4.